The van der Waals surface area contributed by atoms with Crippen LogP contribution in [0.25, 0.3) is 0 Å². The van der Waals surface area contributed by atoms with Crippen molar-refractivity contribution >= 4 is 17.4 Å². The molecule has 1 aromatic carbocycles. The second kappa shape index (κ2) is 5.64. The van der Waals surface area contributed by atoms with Crippen LogP contribution in [0.3, 0.4) is 0 Å². The van der Waals surface area contributed by atoms with Crippen LogP contribution in [0, 0.1) is 0 Å². The van der Waals surface area contributed by atoms with Crippen molar-refractivity contribution in [2.24, 2.45) is 10.2 Å². The molecule has 78 valence electrons. The van der Waals surface area contributed by atoms with Crippen LogP contribution in [-0.2, 0) is 9.59 Å². The highest BCUT2D eigenvalue weighted by Crippen LogP contribution is 2.09. The molecule has 0 bridgehead atoms. The van der Waals surface area contributed by atoms with E-state index in [9.17, 15) is 9.59 Å². The Morgan fingerprint density at radius 1 is 1.20 bits per heavy atom. The Morgan fingerprint density at radius 2 is 1.87 bits per heavy atom. The number of hydrogen-bond donors (Lipinski definition) is 1. The first-order valence-corrected chi connectivity index (χ1v) is 4.34. The zero-order chi connectivity index (χ0) is 11.1. The molecular formula is C10H10N2O3. The summed E-state index contributed by atoms with van der Waals surface area (Å²) >= 11 is 0. The Morgan fingerprint density at radius 3 is 2.47 bits per heavy atom. The molecule has 5 nitrogen and oxygen atoms in total. The fraction of sp³-hybridized carbons (Fsp3) is 0.200. The molecule has 0 aliphatic carbocycles. The summed E-state index contributed by atoms with van der Waals surface area (Å²) < 4.78 is 0. The Bertz CT molecular complexity index is 374. The van der Waals surface area contributed by atoms with Gasteiger partial charge in [-0.1, -0.05) is 18.2 Å². The number of carboxylic acid groups (broad SMARTS) is 1. The van der Waals surface area contributed by atoms with Crippen LogP contribution in [0.4, 0.5) is 5.69 Å². The third kappa shape index (κ3) is 4.66. The smallest absolute Gasteiger partial charge is 0.310 e. The highest BCUT2D eigenvalue weighted by Gasteiger charge is 2.05. The normalized spacial score (nSPS) is 10.4. The lowest BCUT2D eigenvalue weighted by Crippen LogP contribution is -2.08. The fourth-order valence-corrected chi connectivity index (χ4v) is 0.915. The molecule has 15 heavy (non-hydrogen) atoms. The highest BCUT2D eigenvalue weighted by atomic mass is 16.4. The number of rotatable bonds is 5. The number of hydrogen-bond acceptors (Lipinski definition) is 4. The molecule has 1 N–H and O–H groups in total. The van der Waals surface area contributed by atoms with Crippen LogP contribution in [0.5, 0.6) is 0 Å². The van der Waals surface area contributed by atoms with Gasteiger partial charge in [0.2, 0.25) is 0 Å². The number of benzene rings is 1. The van der Waals surface area contributed by atoms with Gasteiger partial charge in [0.05, 0.1) is 5.69 Å². The van der Waals surface area contributed by atoms with Gasteiger partial charge in [-0.05, 0) is 12.1 Å². The van der Waals surface area contributed by atoms with E-state index in [-0.39, 0.29) is 6.54 Å². The van der Waals surface area contributed by atoms with E-state index in [1.165, 1.54) is 0 Å². The van der Waals surface area contributed by atoms with Crippen LogP contribution in [-0.4, -0.2) is 23.4 Å². The summed E-state index contributed by atoms with van der Waals surface area (Å²) in [5.74, 6) is -1.60. The van der Waals surface area contributed by atoms with Gasteiger partial charge >= 0.3 is 5.97 Å². The number of azo groups is 1. The van der Waals surface area contributed by atoms with Crippen LogP contribution in [0.15, 0.2) is 40.6 Å². The number of ketones is 1. The maximum absolute atomic E-state index is 10.9. The van der Waals surface area contributed by atoms with E-state index in [0.717, 1.165) is 0 Å². The summed E-state index contributed by atoms with van der Waals surface area (Å²) in [5, 5.41) is 15.7. The summed E-state index contributed by atoms with van der Waals surface area (Å²) in [6.45, 7) is -0.193. The summed E-state index contributed by atoms with van der Waals surface area (Å²) in [4.78, 5) is 21.1. The number of aliphatic carboxylic acids is 1. The van der Waals surface area contributed by atoms with Crippen molar-refractivity contribution < 1.29 is 14.7 Å². The lowest BCUT2D eigenvalue weighted by Gasteiger charge is -1.91. The first-order chi connectivity index (χ1) is 7.18. The van der Waals surface area contributed by atoms with E-state index in [1.807, 2.05) is 6.07 Å². The molecule has 0 saturated heterocycles. The van der Waals surface area contributed by atoms with Crippen LogP contribution < -0.4 is 0 Å². The number of carbonyl (C=O) groups is 2. The van der Waals surface area contributed by atoms with Gasteiger partial charge in [-0.2, -0.15) is 10.2 Å². The van der Waals surface area contributed by atoms with E-state index >= 15 is 0 Å². The van der Waals surface area contributed by atoms with Gasteiger partial charge in [0.15, 0.2) is 5.78 Å². The molecule has 0 unspecified atom stereocenters. The zero-order valence-electron chi connectivity index (χ0n) is 7.96. The average molecular weight is 206 g/mol. The standard InChI is InChI=1S/C10H10N2O3/c13-9(6-10(14)15)7-11-12-8-4-2-1-3-5-8/h1-5H,6-7H2,(H,14,15)/b12-11+. The third-order valence-corrected chi connectivity index (χ3v) is 1.54. The lowest BCUT2D eigenvalue weighted by molar-refractivity contribution is -0.139. The van der Waals surface area contributed by atoms with E-state index in [1.54, 1.807) is 24.3 Å². The fourth-order valence-electron chi connectivity index (χ4n) is 0.915. The van der Waals surface area contributed by atoms with Gasteiger partial charge in [0.1, 0.15) is 13.0 Å². The lowest BCUT2D eigenvalue weighted by atomic mass is 10.3. The minimum atomic E-state index is -1.14. The van der Waals surface area contributed by atoms with Crippen molar-refractivity contribution in [3.05, 3.63) is 30.3 Å². The molecule has 1 aromatic rings. The van der Waals surface area contributed by atoms with Crippen LogP contribution in [0.1, 0.15) is 6.42 Å². The van der Waals surface area contributed by atoms with Gasteiger partial charge in [-0.25, -0.2) is 0 Å². The predicted molar refractivity (Wildman–Crippen MR) is 53.1 cm³/mol. The Hall–Kier alpha value is -2.04. The second-order valence-corrected chi connectivity index (χ2v) is 2.84. The average Bonchev–Trinajstić information content (AvgIpc) is 2.18. The molecule has 0 spiro atoms. The van der Waals surface area contributed by atoms with Crippen LogP contribution >= 0.6 is 0 Å². The third-order valence-electron chi connectivity index (χ3n) is 1.54. The molecule has 0 amide bonds. The molecule has 0 heterocycles. The zero-order valence-corrected chi connectivity index (χ0v) is 7.96. The van der Waals surface area contributed by atoms with Gasteiger partial charge in [0.25, 0.3) is 0 Å². The molecule has 5 heteroatoms. The molecule has 0 fully saturated rings. The predicted octanol–water partition coefficient (Wildman–Crippen LogP) is 1.81. The second-order valence-electron chi connectivity index (χ2n) is 2.84. The van der Waals surface area contributed by atoms with Gasteiger partial charge in [-0.15, -0.1) is 0 Å². The maximum atomic E-state index is 10.9. The van der Waals surface area contributed by atoms with E-state index in [4.69, 9.17) is 5.11 Å². The van der Waals surface area contributed by atoms with Crippen molar-refractivity contribution in [1.29, 1.82) is 0 Å². The number of nitrogens with zero attached hydrogens (tertiary/aromatic N) is 2. The quantitative estimate of drug-likeness (QED) is 0.589. The molecule has 0 aliphatic rings. The minimum absolute atomic E-state index is 0.193. The molecule has 0 aliphatic heterocycles. The first-order valence-electron chi connectivity index (χ1n) is 4.34. The van der Waals surface area contributed by atoms with Gasteiger partial charge in [0, 0.05) is 0 Å². The van der Waals surface area contributed by atoms with E-state index in [0.29, 0.717) is 5.69 Å². The maximum Gasteiger partial charge on any atom is 0.310 e. The Kier molecular flexibility index (Phi) is 4.15. The molecule has 0 aromatic heterocycles. The topological polar surface area (TPSA) is 79.1 Å². The Labute approximate surface area is 86.5 Å². The molecule has 0 atom stereocenters. The number of carboxylic acids is 1. The van der Waals surface area contributed by atoms with Crippen molar-refractivity contribution in [3.8, 4) is 0 Å². The van der Waals surface area contributed by atoms with E-state index in [2.05, 4.69) is 10.2 Å². The number of carbonyl (C=O) groups excluding carboxylic acids is 1. The van der Waals surface area contributed by atoms with Crippen molar-refractivity contribution in [1.82, 2.24) is 0 Å². The first kappa shape index (κ1) is 11.0. The Balaban J connectivity index is 2.40. The summed E-state index contributed by atoms with van der Waals surface area (Å²) in [6.07, 6.45) is -0.506. The minimum Gasteiger partial charge on any atom is -0.481 e. The van der Waals surface area contributed by atoms with Gasteiger partial charge in [-0.3, -0.25) is 9.59 Å². The largest absolute Gasteiger partial charge is 0.481 e. The summed E-state index contributed by atoms with van der Waals surface area (Å²) in [5.41, 5.74) is 0.639. The van der Waals surface area contributed by atoms with Crippen molar-refractivity contribution in [2.75, 3.05) is 6.54 Å². The van der Waals surface area contributed by atoms with Crippen molar-refractivity contribution in [3.63, 3.8) is 0 Å². The molecule has 0 radical (unpaired) electrons. The molecular weight excluding hydrogens is 196 g/mol. The van der Waals surface area contributed by atoms with Crippen molar-refractivity contribution in [2.45, 2.75) is 6.42 Å². The monoisotopic (exact) mass is 206 g/mol. The molecule has 0 saturated carbocycles. The SMILES string of the molecule is O=C(O)CC(=O)C/N=N/c1ccccc1. The highest BCUT2D eigenvalue weighted by molar-refractivity contribution is 5.95. The summed E-state index contributed by atoms with van der Waals surface area (Å²) in [6, 6.07) is 8.92. The van der Waals surface area contributed by atoms with Gasteiger partial charge < -0.3 is 5.11 Å². The van der Waals surface area contributed by atoms with E-state index < -0.39 is 18.2 Å². The van der Waals surface area contributed by atoms with Crippen LogP contribution in [0.2, 0.25) is 0 Å². The molecule has 1 rings (SSSR count). The summed E-state index contributed by atoms with van der Waals surface area (Å²) in [7, 11) is 0. The number of Topliss-reactive ketones (excluding diaryl/α,β-unsaturated/α-hetero) is 1.